The molecule has 17 heavy (non-hydrogen) atoms. The second-order valence-corrected chi connectivity index (χ2v) is 5.06. The molecule has 0 amide bonds. The maximum absolute atomic E-state index is 4.49. The summed E-state index contributed by atoms with van der Waals surface area (Å²) in [6.45, 7) is 7.71. The van der Waals surface area contributed by atoms with Crippen LogP contribution in [0.15, 0.2) is 18.3 Å². The molecule has 0 aliphatic carbocycles. The zero-order chi connectivity index (χ0) is 12.8. The molecule has 3 heteroatoms. The molecule has 0 fully saturated rings. The van der Waals surface area contributed by atoms with Gasteiger partial charge >= 0.3 is 0 Å². The van der Waals surface area contributed by atoms with Crippen molar-refractivity contribution in [2.75, 3.05) is 25.5 Å². The predicted octanol–water partition coefficient (Wildman–Crippen LogP) is 2.84. The molecule has 1 heterocycles. The van der Waals surface area contributed by atoms with Crippen molar-refractivity contribution in [3.63, 3.8) is 0 Å². The van der Waals surface area contributed by atoms with Crippen molar-refractivity contribution in [2.45, 2.75) is 33.2 Å². The first-order valence-electron chi connectivity index (χ1n) is 6.39. The minimum Gasteiger partial charge on any atom is -0.373 e. The van der Waals surface area contributed by atoms with Gasteiger partial charge in [-0.05, 0) is 38.4 Å². The van der Waals surface area contributed by atoms with Crippen LogP contribution in [0.1, 0.15) is 38.9 Å². The molecule has 0 spiro atoms. The summed E-state index contributed by atoms with van der Waals surface area (Å²) < 4.78 is 0. The molecule has 0 aliphatic rings. The van der Waals surface area contributed by atoms with Gasteiger partial charge in [0.2, 0.25) is 0 Å². The van der Waals surface area contributed by atoms with Gasteiger partial charge in [-0.25, -0.2) is 0 Å². The highest BCUT2D eigenvalue weighted by Crippen LogP contribution is 2.16. The summed E-state index contributed by atoms with van der Waals surface area (Å²) in [5.41, 5.74) is 2.28. The first-order valence-corrected chi connectivity index (χ1v) is 6.39. The van der Waals surface area contributed by atoms with Crippen LogP contribution in [0, 0.1) is 5.92 Å². The Balaban J connectivity index is 2.60. The molecule has 1 aromatic rings. The van der Waals surface area contributed by atoms with Crippen LogP contribution in [-0.4, -0.2) is 25.6 Å². The van der Waals surface area contributed by atoms with Crippen molar-refractivity contribution in [3.8, 4) is 0 Å². The largest absolute Gasteiger partial charge is 0.373 e. The molecular weight excluding hydrogens is 210 g/mol. The van der Waals surface area contributed by atoms with E-state index in [4.69, 9.17) is 0 Å². The number of pyridine rings is 1. The number of nitrogens with one attached hydrogen (secondary N) is 1. The second kappa shape index (κ2) is 6.60. The van der Waals surface area contributed by atoms with Crippen molar-refractivity contribution in [1.82, 2.24) is 10.3 Å². The van der Waals surface area contributed by atoms with E-state index < -0.39 is 0 Å². The Morgan fingerprint density at radius 3 is 2.47 bits per heavy atom. The first-order chi connectivity index (χ1) is 8.04. The van der Waals surface area contributed by atoms with E-state index in [0.29, 0.717) is 6.04 Å². The normalized spacial score (nSPS) is 12.8. The SMILES string of the molecule is CNC(C)c1ccc(N(C)CCC(C)C)cn1. The van der Waals surface area contributed by atoms with Gasteiger partial charge in [-0.1, -0.05) is 13.8 Å². The van der Waals surface area contributed by atoms with Crippen LogP contribution in [-0.2, 0) is 0 Å². The van der Waals surface area contributed by atoms with Gasteiger partial charge in [0.1, 0.15) is 0 Å². The summed E-state index contributed by atoms with van der Waals surface area (Å²) in [7, 11) is 4.08. The summed E-state index contributed by atoms with van der Waals surface area (Å²) in [5, 5.41) is 3.19. The van der Waals surface area contributed by atoms with E-state index in [1.807, 2.05) is 13.2 Å². The summed E-state index contributed by atoms with van der Waals surface area (Å²) in [6, 6.07) is 4.56. The van der Waals surface area contributed by atoms with E-state index in [1.165, 1.54) is 12.1 Å². The van der Waals surface area contributed by atoms with E-state index in [1.54, 1.807) is 0 Å². The van der Waals surface area contributed by atoms with Crippen molar-refractivity contribution in [3.05, 3.63) is 24.0 Å². The smallest absolute Gasteiger partial charge is 0.0571 e. The molecule has 0 radical (unpaired) electrons. The topological polar surface area (TPSA) is 28.2 Å². The summed E-state index contributed by atoms with van der Waals surface area (Å²) in [6.07, 6.45) is 3.18. The fourth-order valence-corrected chi connectivity index (χ4v) is 1.61. The number of aromatic nitrogens is 1. The highest BCUT2D eigenvalue weighted by atomic mass is 15.1. The molecule has 0 aliphatic heterocycles. The molecule has 0 saturated carbocycles. The third-order valence-electron chi connectivity index (χ3n) is 3.13. The van der Waals surface area contributed by atoms with E-state index >= 15 is 0 Å². The lowest BCUT2D eigenvalue weighted by Crippen LogP contribution is -2.20. The average Bonchev–Trinajstić information content (AvgIpc) is 2.35. The fourth-order valence-electron chi connectivity index (χ4n) is 1.61. The van der Waals surface area contributed by atoms with Gasteiger partial charge in [0, 0.05) is 19.6 Å². The molecule has 0 saturated heterocycles. The Bertz CT molecular complexity index is 319. The monoisotopic (exact) mass is 235 g/mol. The molecule has 1 atom stereocenters. The number of hydrogen-bond acceptors (Lipinski definition) is 3. The molecule has 3 nitrogen and oxygen atoms in total. The van der Waals surface area contributed by atoms with E-state index in [-0.39, 0.29) is 0 Å². The van der Waals surface area contributed by atoms with Crippen molar-refractivity contribution in [1.29, 1.82) is 0 Å². The van der Waals surface area contributed by atoms with Gasteiger partial charge in [-0.15, -0.1) is 0 Å². The minimum atomic E-state index is 0.310. The third-order valence-corrected chi connectivity index (χ3v) is 3.13. The van der Waals surface area contributed by atoms with Gasteiger partial charge in [-0.2, -0.15) is 0 Å². The minimum absolute atomic E-state index is 0.310. The van der Waals surface area contributed by atoms with Crippen molar-refractivity contribution in [2.24, 2.45) is 5.92 Å². The summed E-state index contributed by atoms with van der Waals surface area (Å²) >= 11 is 0. The van der Waals surface area contributed by atoms with Gasteiger partial charge < -0.3 is 10.2 Å². The lowest BCUT2D eigenvalue weighted by molar-refractivity contribution is 0.584. The first kappa shape index (κ1) is 14.0. The molecule has 0 aromatic carbocycles. The van der Waals surface area contributed by atoms with Gasteiger partial charge in [-0.3, -0.25) is 4.98 Å². The van der Waals surface area contributed by atoms with Crippen LogP contribution in [0.4, 0.5) is 5.69 Å². The summed E-state index contributed by atoms with van der Waals surface area (Å²) in [5.74, 6) is 0.744. The van der Waals surface area contributed by atoms with Crippen LogP contribution >= 0.6 is 0 Å². The van der Waals surface area contributed by atoms with E-state index in [0.717, 1.165) is 18.2 Å². The van der Waals surface area contributed by atoms with Crippen LogP contribution in [0.3, 0.4) is 0 Å². The lowest BCUT2D eigenvalue weighted by atomic mass is 10.1. The average molecular weight is 235 g/mol. The number of nitrogens with zero attached hydrogens (tertiary/aromatic N) is 2. The maximum Gasteiger partial charge on any atom is 0.0571 e. The van der Waals surface area contributed by atoms with Crippen molar-refractivity contribution >= 4 is 5.69 Å². The van der Waals surface area contributed by atoms with Crippen LogP contribution in [0.2, 0.25) is 0 Å². The van der Waals surface area contributed by atoms with Gasteiger partial charge in [0.05, 0.1) is 17.6 Å². The zero-order valence-corrected chi connectivity index (χ0v) is 11.7. The molecule has 1 aromatic heterocycles. The van der Waals surface area contributed by atoms with E-state index in [2.05, 4.69) is 55.2 Å². The van der Waals surface area contributed by atoms with Crippen molar-refractivity contribution < 1.29 is 0 Å². The Morgan fingerprint density at radius 2 is 2.00 bits per heavy atom. The third kappa shape index (κ3) is 4.35. The maximum atomic E-state index is 4.49. The Morgan fingerprint density at radius 1 is 1.29 bits per heavy atom. The van der Waals surface area contributed by atoms with E-state index in [9.17, 15) is 0 Å². The second-order valence-electron chi connectivity index (χ2n) is 5.06. The molecular formula is C14H25N3. The van der Waals surface area contributed by atoms with Gasteiger partial charge in [0.15, 0.2) is 0 Å². The number of rotatable bonds is 6. The fraction of sp³-hybridized carbons (Fsp3) is 0.643. The standard InChI is InChI=1S/C14H25N3/c1-11(2)8-9-17(5)13-6-7-14(16-10-13)12(3)15-4/h6-7,10-12,15H,8-9H2,1-5H3. The highest BCUT2D eigenvalue weighted by Gasteiger charge is 2.06. The Labute approximate surface area is 105 Å². The molecule has 1 unspecified atom stereocenters. The van der Waals surface area contributed by atoms with Crippen LogP contribution in [0.25, 0.3) is 0 Å². The predicted molar refractivity (Wildman–Crippen MR) is 74.4 cm³/mol. The molecule has 96 valence electrons. The Hall–Kier alpha value is -1.09. The summed E-state index contributed by atoms with van der Waals surface area (Å²) in [4.78, 5) is 6.76. The molecule has 0 bridgehead atoms. The van der Waals surface area contributed by atoms with Gasteiger partial charge in [0.25, 0.3) is 0 Å². The molecule has 1 rings (SSSR count). The lowest BCUT2D eigenvalue weighted by Gasteiger charge is -2.20. The Kier molecular flexibility index (Phi) is 5.42. The highest BCUT2D eigenvalue weighted by molar-refractivity contribution is 5.43. The number of anilines is 1. The zero-order valence-electron chi connectivity index (χ0n) is 11.7. The quantitative estimate of drug-likeness (QED) is 0.822. The molecule has 1 N–H and O–H groups in total. The van der Waals surface area contributed by atoms with Crippen LogP contribution in [0.5, 0.6) is 0 Å². The van der Waals surface area contributed by atoms with Crippen LogP contribution < -0.4 is 10.2 Å². The number of hydrogen-bond donors (Lipinski definition) is 1.